The molecule has 5 rings (SSSR count). The van der Waals surface area contributed by atoms with Gasteiger partial charge in [0.1, 0.15) is 32.5 Å². The monoisotopic (exact) mass is 796 g/mol. The third kappa shape index (κ3) is 8.21. The van der Waals surface area contributed by atoms with E-state index in [2.05, 4.69) is 4.90 Å². The molecule has 15 heteroatoms. The number of amidine groups is 1. The van der Waals surface area contributed by atoms with Gasteiger partial charge in [0.2, 0.25) is 0 Å². The van der Waals surface area contributed by atoms with E-state index in [0.29, 0.717) is 54.8 Å². The van der Waals surface area contributed by atoms with Crippen LogP contribution in [0.4, 0.5) is 4.79 Å². The Morgan fingerprint density at radius 1 is 0.863 bits per heavy atom. The molecule has 2 heterocycles. The maximum absolute atomic E-state index is 15.2. The van der Waals surface area contributed by atoms with Crippen molar-refractivity contribution in [2.24, 2.45) is 4.99 Å². The first-order valence-electron chi connectivity index (χ1n) is 16.6. The Morgan fingerprint density at radius 3 is 1.92 bits per heavy atom. The van der Waals surface area contributed by atoms with Gasteiger partial charge in [0.25, 0.3) is 0 Å². The molecule has 0 spiro atoms. The summed E-state index contributed by atoms with van der Waals surface area (Å²) >= 11 is 19.3. The standard InChI is InChI=1S/C36H43Cl3N4O6S2/c1-24(2)49-31-23-30(39)32(51(6,47)48)22-29(31)33-40-35(3,25-8-12-27(37)13-9-25)36(4,26-10-14-28(38)15-11-26)43(33)34(44)42-19-17-41(18-20-42)16-7-21-50(5,45)46/h8-15,22-24H,7,16-21H2,1-6H3. The molecular formula is C36H43Cl3N4O6S2. The lowest BCUT2D eigenvalue weighted by molar-refractivity contribution is 0.0868. The van der Waals surface area contributed by atoms with E-state index in [0.717, 1.165) is 17.4 Å². The second-order valence-electron chi connectivity index (χ2n) is 13.7. The van der Waals surface area contributed by atoms with Crippen molar-refractivity contribution in [2.75, 3.05) is 51.0 Å². The maximum Gasteiger partial charge on any atom is 0.326 e. The Balaban J connectivity index is 1.71. The van der Waals surface area contributed by atoms with Crippen LogP contribution in [0.5, 0.6) is 5.75 Å². The van der Waals surface area contributed by atoms with Crippen LogP contribution < -0.4 is 4.74 Å². The number of halogens is 3. The van der Waals surface area contributed by atoms with Gasteiger partial charge in [-0.2, -0.15) is 0 Å². The molecule has 1 saturated heterocycles. The van der Waals surface area contributed by atoms with E-state index in [9.17, 15) is 16.8 Å². The van der Waals surface area contributed by atoms with E-state index in [1.807, 2.05) is 52.0 Å². The van der Waals surface area contributed by atoms with Gasteiger partial charge in [0, 0.05) is 54.8 Å². The number of rotatable bonds is 10. The van der Waals surface area contributed by atoms with Crippen LogP contribution in [0.1, 0.15) is 50.8 Å². The van der Waals surface area contributed by atoms with Gasteiger partial charge in [-0.3, -0.25) is 14.8 Å². The Morgan fingerprint density at radius 2 is 1.41 bits per heavy atom. The lowest BCUT2D eigenvalue weighted by atomic mass is 9.71. The zero-order chi connectivity index (χ0) is 37.5. The number of carbonyl (C=O) groups is 1. The second-order valence-corrected chi connectivity index (χ2v) is 19.3. The normalized spacial score (nSPS) is 21.6. The molecule has 2 aliphatic rings. The fraction of sp³-hybridized carbons (Fsp3) is 0.444. The maximum atomic E-state index is 15.2. The average Bonchev–Trinajstić information content (AvgIpc) is 3.28. The fourth-order valence-corrected chi connectivity index (χ4v) is 8.99. The third-order valence-corrected chi connectivity index (χ3v) is 12.7. The summed E-state index contributed by atoms with van der Waals surface area (Å²) in [6, 6.07) is 17.1. The molecule has 0 radical (unpaired) electrons. The molecule has 276 valence electrons. The summed E-state index contributed by atoms with van der Waals surface area (Å²) in [5.74, 6) is 0.580. The number of aliphatic imine (C=N–C) groups is 1. The number of hydrogen-bond acceptors (Lipinski definition) is 8. The van der Waals surface area contributed by atoms with Crippen LogP contribution in [-0.4, -0.2) is 100 Å². The lowest BCUT2D eigenvalue weighted by Crippen LogP contribution is -2.60. The van der Waals surface area contributed by atoms with E-state index in [4.69, 9.17) is 44.5 Å². The average molecular weight is 798 g/mol. The molecule has 0 saturated carbocycles. The molecule has 0 bridgehead atoms. The van der Waals surface area contributed by atoms with Crippen molar-refractivity contribution < 1.29 is 26.4 Å². The number of urea groups is 1. The Labute approximate surface area is 316 Å². The van der Waals surface area contributed by atoms with Crippen LogP contribution in [0.25, 0.3) is 0 Å². The largest absolute Gasteiger partial charge is 0.490 e. The van der Waals surface area contributed by atoms with Gasteiger partial charge in [-0.05, 0) is 82.1 Å². The van der Waals surface area contributed by atoms with E-state index >= 15 is 4.79 Å². The summed E-state index contributed by atoms with van der Waals surface area (Å²) in [4.78, 5) is 26.0. The molecule has 2 aliphatic heterocycles. The van der Waals surface area contributed by atoms with E-state index in [1.165, 1.54) is 18.4 Å². The van der Waals surface area contributed by atoms with Gasteiger partial charge >= 0.3 is 6.03 Å². The Kier molecular flexibility index (Phi) is 11.5. The van der Waals surface area contributed by atoms with Gasteiger partial charge in [0.05, 0.1) is 27.3 Å². The number of nitrogens with zero attached hydrogens (tertiary/aromatic N) is 4. The number of sulfone groups is 2. The van der Waals surface area contributed by atoms with Crippen LogP contribution in [-0.2, 0) is 30.8 Å². The van der Waals surface area contributed by atoms with Crippen molar-refractivity contribution >= 4 is 66.3 Å². The highest BCUT2D eigenvalue weighted by Crippen LogP contribution is 2.54. The first-order valence-corrected chi connectivity index (χ1v) is 21.6. The number of benzene rings is 3. The molecule has 3 aromatic carbocycles. The van der Waals surface area contributed by atoms with E-state index in [-0.39, 0.29) is 39.4 Å². The zero-order valence-corrected chi connectivity index (χ0v) is 33.4. The number of carbonyl (C=O) groups excluding carboxylic acids is 1. The molecular weight excluding hydrogens is 755 g/mol. The summed E-state index contributed by atoms with van der Waals surface area (Å²) in [5.41, 5.74) is -0.566. The summed E-state index contributed by atoms with van der Waals surface area (Å²) in [6.45, 7) is 9.99. The highest BCUT2D eigenvalue weighted by molar-refractivity contribution is 7.91. The molecule has 0 aliphatic carbocycles. The van der Waals surface area contributed by atoms with Crippen LogP contribution in [0.2, 0.25) is 15.1 Å². The smallest absolute Gasteiger partial charge is 0.326 e. The van der Waals surface area contributed by atoms with Gasteiger partial charge in [0.15, 0.2) is 9.84 Å². The van der Waals surface area contributed by atoms with Crippen LogP contribution >= 0.6 is 34.8 Å². The topological polar surface area (TPSA) is 117 Å². The molecule has 51 heavy (non-hydrogen) atoms. The zero-order valence-electron chi connectivity index (χ0n) is 29.5. The van der Waals surface area contributed by atoms with Crippen molar-refractivity contribution in [1.82, 2.24) is 14.7 Å². The SMILES string of the molecule is CC(C)Oc1cc(Cl)c(S(C)(=O)=O)cc1C1=NC(C)(c2ccc(Cl)cc2)C(C)(c2ccc(Cl)cc2)N1C(=O)N1CCN(CCCS(C)(=O)=O)CC1. The summed E-state index contributed by atoms with van der Waals surface area (Å²) in [5, 5.41) is 1.03. The molecule has 2 atom stereocenters. The molecule has 0 N–H and O–H groups in total. The van der Waals surface area contributed by atoms with Crippen LogP contribution in [0, 0.1) is 0 Å². The highest BCUT2D eigenvalue weighted by Gasteiger charge is 2.60. The van der Waals surface area contributed by atoms with Crippen molar-refractivity contribution in [3.8, 4) is 5.75 Å². The third-order valence-electron chi connectivity index (χ3n) is 9.61. The fourth-order valence-electron chi connectivity index (χ4n) is 6.77. The van der Waals surface area contributed by atoms with Crippen molar-refractivity contribution in [2.45, 2.75) is 56.2 Å². The minimum Gasteiger partial charge on any atom is -0.490 e. The summed E-state index contributed by atoms with van der Waals surface area (Å²) in [7, 11) is -6.89. The van der Waals surface area contributed by atoms with Crippen molar-refractivity contribution in [1.29, 1.82) is 0 Å². The number of piperazine rings is 1. The lowest BCUT2D eigenvalue weighted by Gasteiger charge is -2.47. The molecule has 10 nitrogen and oxygen atoms in total. The quantitative estimate of drug-likeness (QED) is 0.219. The van der Waals surface area contributed by atoms with Crippen molar-refractivity contribution in [3.05, 3.63) is 92.4 Å². The van der Waals surface area contributed by atoms with Gasteiger partial charge in [-0.1, -0.05) is 59.1 Å². The number of amides is 2. The molecule has 1 fully saturated rings. The number of hydrogen-bond donors (Lipinski definition) is 0. The van der Waals surface area contributed by atoms with Crippen molar-refractivity contribution in [3.63, 3.8) is 0 Å². The van der Waals surface area contributed by atoms with Gasteiger partial charge in [-0.25, -0.2) is 21.6 Å². The minimum absolute atomic E-state index is 0.0127. The highest BCUT2D eigenvalue weighted by atomic mass is 35.5. The van der Waals surface area contributed by atoms with Gasteiger partial charge in [-0.15, -0.1) is 0 Å². The molecule has 3 aromatic rings. The molecule has 0 aromatic heterocycles. The van der Waals surface area contributed by atoms with Gasteiger partial charge < -0.3 is 9.64 Å². The van der Waals surface area contributed by atoms with E-state index < -0.39 is 30.8 Å². The molecule has 2 unspecified atom stereocenters. The first-order chi connectivity index (χ1) is 23.7. The predicted molar refractivity (Wildman–Crippen MR) is 204 cm³/mol. The number of ether oxygens (including phenoxy) is 1. The van der Waals surface area contributed by atoms with Crippen LogP contribution in [0.3, 0.4) is 0 Å². The molecule has 2 amide bonds. The Bertz CT molecular complexity index is 2040. The minimum atomic E-state index is -3.81. The van der Waals surface area contributed by atoms with Crippen LogP contribution in [0.15, 0.2) is 70.6 Å². The van der Waals surface area contributed by atoms with E-state index in [1.54, 1.807) is 34.1 Å². The summed E-state index contributed by atoms with van der Waals surface area (Å²) in [6.07, 6.45) is 2.48. The summed E-state index contributed by atoms with van der Waals surface area (Å²) < 4.78 is 55.7. The second kappa shape index (κ2) is 14.9. The first kappa shape index (κ1) is 39.3. The predicted octanol–water partition coefficient (Wildman–Crippen LogP) is 6.90. The Hall–Kier alpha value is -2.87.